The Bertz CT molecular complexity index is 457. The number of likely N-dealkylation sites (tertiary alicyclic amines) is 1. The highest BCUT2D eigenvalue weighted by atomic mass is 16.3. The lowest BCUT2D eigenvalue weighted by Crippen LogP contribution is -2.41. The van der Waals surface area contributed by atoms with Gasteiger partial charge in [0, 0.05) is 12.6 Å². The number of carbonyl (C=O) groups is 1. The van der Waals surface area contributed by atoms with Crippen LogP contribution in [-0.4, -0.2) is 36.5 Å². The van der Waals surface area contributed by atoms with E-state index in [2.05, 4.69) is 24.1 Å². The molecule has 0 saturated carbocycles. The third-order valence-electron chi connectivity index (χ3n) is 4.22. The SMILES string of the molecule is Cc1cc(C(=O)NCC2CCN(C(C)C)CC2)c(C)o1. The first-order valence-electron chi connectivity index (χ1n) is 7.56. The molecule has 1 aromatic rings. The fourth-order valence-electron chi connectivity index (χ4n) is 2.86. The number of carbonyl (C=O) groups excluding carboxylic acids is 1. The highest BCUT2D eigenvalue weighted by Gasteiger charge is 2.22. The number of nitrogens with one attached hydrogen (secondary N) is 1. The Balaban J connectivity index is 1.79. The van der Waals surface area contributed by atoms with Crippen LogP contribution < -0.4 is 5.32 Å². The molecule has 4 nitrogen and oxygen atoms in total. The summed E-state index contributed by atoms with van der Waals surface area (Å²) in [7, 11) is 0. The van der Waals surface area contributed by atoms with Crippen LogP contribution in [-0.2, 0) is 0 Å². The maximum Gasteiger partial charge on any atom is 0.254 e. The molecule has 1 fully saturated rings. The van der Waals surface area contributed by atoms with Gasteiger partial charge in [0.1, 0.15) is 11.5 Å². The largest absolute Gasteiger partial charge is 0.466 e. The third-order valence-corrected chi connectivity index (χ3v) is 4.22. The van der Waals surface area contributed by atoms with E-state index in [4.69, 9.17) is 4.42 Å². The van der Waals surface area contributed by atoms with E-state index in [0.717, 1.165) is 25.4 Å². The maximum absolute atomic E-state index is 12.1. The lowest BCUT2D eigenvalue weighted by atomic mass is 9.96. The highest BCUT2D eigenvalue weighted by molar-refractivity contribution is 5.95. The normalized spacial score (nSPS) is 17.6. The molecule has 1 amide bonds. The molecular formula is C16H26N2O2. The molecule has 0 aromatic carbocycles. The molecule has 1 aliphatic heterocycles. The van der Waals surface area contributed by atoms with Gasteiger partial charge in [0.2, 0.25) is 0 Å². The van der Waals surface area contributed by atoms with Gasteiger partial charge >= 0.3 is 0 Å². The van der Waals surface area contributed by atoms with E-state index in [1.54, 1.807) is 0 Å². The fraction of sp³-hybridized carbons (Fsp3) is 0.688. The Morgan fingerprint density at radius 1 is 1.40 bits per heavy atom. The lowest BCUT2D eigenvalue weighted by Gasteiger charge is -2.34. The Hall–Kier alpha value is -1.29. The second-order valence-electron chi connectivity index (χ2n) is 6.11. The molecule has 0 bridgehead atoms. The number of rotatable bonds is 4. The van der Waals surface area contributed by atoms with Gasteiger partial charge in [0.25, 0.3) is 5.91 Å². The predicted octanol–water partition coefficient (Wildman–Crippen LogP) is 2.75. The monoisotopic (exact) mass is 278 g/mol. The van der Waals surface area contributed by atoms with Gasteiger partial charge in [0.05, 0.1) is 5.56 Å². The van der Waals surface area contributed by atoms with Crippen molar-refractivity contribution < 1.29 is 9.21 Å². The zero-order valence-electron chi connectivity index (χ0n) is 13.0. The van der Waals surface area contributed by atoms with Crippen molar-refractivity contribution in [2.45, 2.75) is 46.6 Å². The van der Waals surface area contributed by atoms with Gasteiger partial charge in [-0.25, -0.2) is 0 Å². The number of amides is 1. The van der Waals surface area contributed by atoms with Crippen LogP contribution in [0.15, 0.2) is 10.5 Å². The molecule has 1 N–H and O–H groups in total. The average molecular weight is 278 g/mol. The van der Waals surface area contributed by atoms with E-state index in [1.165, 1.54) is 12.8 Å². The smallest absolute Gasteiger partial charge is 0.254 e. The standard InChI is InChI=1S/C16H26N2O2/c1-11(2)18-7-5-14(6-8-18)10-17-16(19)15-9-12(3)20-13(15)4/h9,11,14H,5-8,10H2,1-4H3,(H,17,19). The van der Waals surface area contributed by atoms with Crippen LogP contribution in [0.3, 0.4) is 0 Å². The van der Waals surface area contributed by atoms with Gasteiger partial charge in [-0.2, -0.15) is 0 Å². The molecule has 20 heavy (non-hydrogen) atoms. The Labute approximate surface area is 121 Å². The molecule has 0 aliphatic carbocycles. The number of piperidine rings is 1. The number of hydrogen-bond acceptors (Lipinski definition) is 3. The second kappa shape index (κ2) is 6.44. The summed E-state index contributed by atoms with van der Waals surface area (Å²) in [5, 5.41) is 3.05. The van der Waals surface area contributed by atoms with Crippen molar-refractivity contribution in [3.8, 4) is 0 Å². The van der Waals surface area contributed by atoms with Crippen molar-refractivity contribution in [3.05, 3.63) is 23.2 Å². The number of aryl methyl sites for hydroxylation is 2. The quantitative estimate of drug-likeness (QED) is 0.921. The summed E-state index contributed by atoms with van der Waals surface area (Å²) in [6, 6.07) is 2.44. The minimum absolute atomic E-state index is 0.00867. The first-order valence-corrected chi connectivity index (χ1v) is 7.56. The van der Waals surface area contributed by atoms with Crippen LogP contribution in [0.1, 0.15) is 48.6 Å². The van der Waals surface area contributed by atoms with E-state index in [1.807, 2.05) is 19.9 Å². The Morgan fingerprint density at radius 2 is 2.05 bits per heavy atom. The van der Waals surface area contributed by atoms with E-state index < -0.39 is 0 Å². The molecule has 0 radical (unpaired) electrons. The molecule has 0 spiro atoms. The summed E-state index contributed by atoms with van der Waals surface area (Å²) < 4.78 is 5.40. The summed E-state index contributed by atoms with van der Waals surface area (Å²) in [5.41, 5.74) is 0.669. The molecule has 1 aliphatic rings. The molecule has 1 aromatic heterocycles. The number of furan rings is 1. The zero-order valence-corrected chi connectivity index (χ0v) is 13.0. The van der Waals surface area contributed by atoms with Crippen LogP contribution in [0.4, 0.5) is 0 Å². The van der Waals surface area contributed by atoms with Crippen LogP contribution in [0.5, 0.6) is 0 Å². The van der Waals surface area contributed by atoms with Crippen molar-refractivity contribution >= 4 is 5.91 Å². The van der Waals surface area contributed by atoms with Crippen LogP contribution in [0.25, 0.3) is 0 Å². The fourth-order valence-corrected chi connectivity index (χ4v) is 2.86. The van der Waals surface area contributed by atoms with Gasteiger partial charge in [-0.3, -0.25) is 4.79 Å². The minimum atomic E-state index is -0.00867. The molecule has 4 heteroatoms. The molecular weight excluding hydrogens is 252 g/mol. The maximum atomic E-state index is 12.1. The lowest BCUT2D eigenvalue weighted by molar-refractivity contribution is 0.0928. The van der Waals surface area contributed by atoms with Gasteiger partial charge in [-0.05, 0) is 65.6 Å². The van der Waals surface area contributed by atoms with Crippen molar-refractivity contribution in [1.82, 2.24) is 10.2 Å². The average Bonchev–Trinajstić information content (AvgIpc) is 2.75. The summed E-state index contributed by atoms with van der Waals surface area (Å²) >= 11 is 0. The third kappa shape index (κ3) is 3.63. The van der Waals surface area contributed by atoms with Crippen LogP contribution in [0, 0.1) is 19.8 Å². The van der Waals surface area contributed by atoms with E-state index in [0.29, 0.717) is 23.3 Å². The minimum Gasteiger partial charge on any atom is -0.466 e. The molecule has 112 valence electrons. The van der Waals surface area contributed by atoms with Gasteiger partial charge in [-0.15, -0.1) is 0 Å². The van der Waals surface area contributed by atoms with E-state index in [-0.39, 0.29) is 5.91 Å². The summed E-state index contributed by atoms with van der Waals surface area (Å²) in [5.74, 6) is 2.08. The number of hydrogen-bond donors (Lipinski definition) is 1. The Morgan fingerprint density at radius 3 is 2.55 bits per heavy atom. The van der Waals surface area contributed by atoms with Crippen molar-refractivity contribution in [1.29, 1.82) is 0 Å². The molecule has 0 atom stereocenters. The summed E-state index contributed by atoms with van der Waals surface area (Å²) in [4.78, 5) is 14.6. The Kier molecular flexibility index (Phi) is 4.86. The molecule has 2 rings (SSSR count). The molecule has 1 saturated heterocycles. The first kappa shape index (κ1) is 15.1. The van der Waals surface area contributed by atoms with Crippen LogP contribution >= 0.6 is 0 Å². The van der Waals surface area contributed by atoms with Crippen LogP contribution in [0.2, 0.25) is 0 Å². The van der Waals surface area contributed by atoms with Crippen molar-refractivity contribution in [2.24, 2.45) is 5.92 Å². The second-order valence-corrected chi connectivity index (χ2v) is 6.11. The van der Waals surface area contributed by atoms with E-state index >= 15 is 0 Å². The van der Waals surface area contributed by atoms with Gasteiger partial charge in [0.15, 0.2) is 0 Å². The first-order chi connectivity index (χ1) is 9.47. The highest BCUT2D eigenvalue weighted by Crippen LogP contribution is 2.19. The topological polar surface area (TPSA) is 45.5 Å². The zero-order chi connectivity index (χ0) is 14.7. The number of nitrogens with zero attached hydrogens (tertiary/aromatic N) is 1. The van der Waals surface area contributed by atoms with Gasteiger partial charge < -0.3 is 14.6 Å². The summed E-state index contributed by atoms with van der Waals surface area (Å²) in [6.07, 6.45) is 2.34. The van der Waals surface area contributed by atoms with Gasteiger partial charge in [-0.1, -0.05) is 0 Å². The molecule has 0 unspecified atom stereocenters. The van der Waals surface area contributed by atoms with Crippen molar-refractivity contribution in [3.63, 3.8) is 0 Å². The van der Waals surface area contributed by atoms with E-state index in [9.17, 15) is 4.79 Å². The predicted molar refractivity (Wildman–Crippen MR) is 79.9 cm³/mol. The van der Waals surface area contributed by atoms with Crippen molar-refractivity contribution in [2.75, 3.05) is 19.6 Å². The summed E-state index contributed by atoms with van der Waals surface area (Å²) in [6.45, 7) is 11.2. The molecule has 2 heterocycles.